The molecule has 2 heterocycles. The molecule has 0 spiro atoms. The van der Waals surface area contributed by atoms with Crippen LogP contribution in [0, 0.1) is 0 Å². The highest BCUT2D eigenvalue weighted by molar-refractivity contribution is 7.99. The SMILES string of the molecule is O=C(NCc1cccc(-c2ccc([C@H]3O[C@@H](CSc4ccccc4)C[C@@H](c4ccc(CO)cc4)O3)cc2)c1)c1cnc2ccccc2n1. The molecule has 5 aromatic carbocycles. The van der Waals surface area contributed by atoms with Gasteiger partial charge in [-0.05, 0) is 58.1 Å². The number of hydrogen-bond donors (Lipinski definition) is 2. The lowest BCUT2D eigenvalue weighted by atomic mass is 9.99. The van der Waals surface area contributed by atoms with Crippen LogP contribution >= 0.6 is 11.8 Å². The molecule has 1 aliphatic heterocycles. The number of benzene rings is 5. The first-order chi connectivity index (χ1) is 23.6. The Labute approximate surface area is 284 Å². The number of aliphatic hydroxyl groups is 1. The third-order valence-corrected chi connectivity index (χ3v) is 9.52. The number of rotatable bonds is 10. The van der Waals surface area contributed by atoms with Crippen LogP contribution in [0.1, 0.15) is 51.6 Å². The Morgan fingerprint density at radius 3 is 2.31 bits per heavy atom. The molecule has 1 amide bonds. The van der Waals surface area contributed by atoms with E-state index in [0.29, 0.717) is 12.1 Å². The van der Waals surface area contributed by atoms with Gasteiger partial charge in [-0.15, -0.1) is 11.8 Å². The molecule has 8 heteroatoms. The van der Waals surface area contributed by atoms with Crippen molar-refractivity contribution < 1.29 is 19.4 Å². The van der Waals surface area contributed by atoms with Crippen LogP contribution in [0.15, 0.2) is 138 Å². The summed E-state index contributed by atoms with van der Waals surface area (Å²) in [5.41, 5.74) is 7.70. The molecule has 2 N–H and O–H groups in total. The fourth-order valence-electron chi connectivity index (χ4n) is 5.76. The van der Waals surface area contributed by atoms with E-state index in [4.69, 9.17) is 9.47 Å². The van der Waals surface area contributed by atoms with Crippen molar-refractivity contribution in [3.8, 4) is 11.1 Å². The summed E-state index contributed by atoms with van der Waals surface area (Å²) in [6.45, 7) is 0.379. The summed E-state index contributed by atoms with van der Waals surface area (Å²) in [5, 5.41) is 12.5. The summed E-state index contributed by atoms with van der Waals surface area (Å²) in [4.78, 5) is 22.8. The first-order valence-electron chi connectivity index (χ1n) is 16.0. The fourth-order valence-corrected chi connectivity index (χ4v) is 6.70. The Morgan fingerprint density at radius 1 is 0.771 bits per heavy atom. The molecule has 6 aromatic rings. The predicted octanol–water partition coefficient (Wildman–Crippen LogP) is 8.06. The standard InChI is InChI=1S/C40H35N3O4S/c44-25-27-13-15-30(16-14-27)38-22-33(26-48-34-9-2-1-3-10-34)46-40(47-38)31-19-17-29(18-20-31)32-8-6-7-28(21-32)23-42-39(45)37-24-41-35-11-4-5-12-36(35)43-37/h1-21,24,33,38,40,44H,22-23,25-26H2,(H,42,45)/t33-,38+,40+/m1/s1. The monoisotopic (exact) mass is 653 g/mol. The third kappa shape index (κ3) is 7.64. The van der Waals surface area contributed by atoms with Gasteiger partial charge in [-0.1, -0.05) is 97.1 Å². The minimum absolute atomic E-state index is 0.0105. The molecule has 0 saturated carbocycles. The van der Waals surface area contributed by atoms with Gasteiger partial charge in [-0.2, -0.15) is 0 Å². The summed E-state index contributed by atoms with van der Waals surface area (Å²) in [5.74, 6) is 0.544. The lowest BCUT2D eigenvalue weighted by Crippen LogP contribution is -2.31. The van der Waals surface area contributed by atoms with E-state index in [-0.39, 0.29) is 30.4 Å². The first kappa shape index (κ1) is 31.7. The van der Waals surface area contributed by atoms with Crippen LogP contribution in [0.5, 0.6) is 0 Å². The number of aromatic nitrogens is 2. The zero-order valence-electron chi connectivity index (χ0n) is 26.2. The molecule has 48 heavy (non-hydrogen) atoms. The molecule has 1 saturated heterocycles. The predicted molar refractivity (Wildman–Crippen MR) is 188 cm³/mol. The minimum atomic E-state index is -0.517. The van der Waals surface area contributed by atoms with Gasteiger partial charge in [0, 0.05) is 29.2 Å². The van der Waals surface area contributed by atoms with Crippen molar-refractivity contribution in [3.05, 3.63) is 162 Å². The van der Waals surface area contributed by atoms with E-state index in [2.05, 4.69) is 75.9 Å². The Hall–Kier alpha value is -4.86. The van der Waals surface area contributed by atoms with Crippen molar-refractivity contribution in [1.82, 2.24) is 15.3 Å². The van der Waals surface area contributed by atoms with Crippen LogP contribution in [0.2, 0.25) is 0 Å². The topological polar surface area (TPSA) is 93.6 Å². The zero-order valence-corrected chi connectivity index (χ0v) is 27.1. The molecule has 7 nitrogen and oxygen atoms in total. The number of thioether (sulfide) groups is 1. The number of hydrogen-bond acceptors (Lipinski definition) is 7. The quantitative estimate of drug-likeness (QED) is 0.145. The number of nitrogens with zero attached hydrogens (tertiary/aromatic N) is 2. The second-order valence-corrected chi connectivity index (χ2v) is 12.8. The van der Waals surface area contributed by atoms with Crippen LogP contribution in [-0.2, 0) is 22.6 Å². The van der Waals surface area contributed by atoms with Gasteiger partial charge in [-0.25, -0.2) is 4.98 Å². The van der Waals surface area contributed by atoms with E-state index < -0.39 is 6.29 Å². The summed E-state index contributed by atoms with van der Waals surface area (Å²) < 4.78 is 13.1. The van der Waals surface area contributed by atoms with Crippen molar-refractivity contribution in [2.45, 2.75) is 43.0 Å². The van der Waals surface area contributed by atoms with Crippen LogP contribution in [0.4, 0.5) is 0 Å². The Bertz CT molecular complexity index is 1990. The molecule has 1 aromatic heterocycles. The molecule has 0 unspecified atom stereocenters. The lowest BCUT2D eigenvalue weighted by Gasteiger charge is -2.36. The molecular weight excluding hydrogens is 619 g/mol. The first-order valence-corrected chi connectivity index (χ1v) is 17.0. The molecule has 1 aliphatic rings. The summed E-state index contributed by atoms with van der Waals surface area (Å²) >= 11 is 1.79. The second kappa shape index (κ2) is 14.9. The van der Waals surface area contributed by atoms with Crippen molar-refractivity contribution in [3.63, 3.8) is 0 Å². The number of para-hydroxylation sites is 2. The number of carbonyl (C=O) groups is 1. The van der Waals surface area contributed by atoms with E-state index in [1.54, 1.807) is 11.8 Å². The molecule has 0 aliphatic carbocycles. The fraction of sp³-hybridized carbons (Fsp3) is 0.175. The molecule has 1 fully saturated rings. The van der Waals surface area contributed by atoms with Gasteiger partial charge in [0.05, 0.1) is 36.0 Å². The number of amides is 1. The average Bonchev–Trinajstić information content (AvgIpc) is 3.16. The molecule has 7 rings (SSSR count). The van der Waals surface area contributed by atoms with Crippen LogP contribution in [0.3, 0.4) is 0 Å². The number of carbonyl (C=O) groups excluding carboxylic acids is 1. The van der Waals surface area contributed by atoms with E-state index in [9.17, 15) is 9.90 Å². The van der Waals surface area contributed by atoms with Crippen molar-refractivity contribution in [2.75, 3.05) is 5.75 Å². The maximum absolute atomic E-state index is 12.8. The van der Waals surface area contributed by atoms with E-state index >= 15 is 0 Å². The number of nitrogens with one attached hydrogen (secondary N) is 1. The molecular formula is C40H35N3O4S. The highest BCUT2D eigenvalue weighted by atomic mass is 32.2. The van der Waals surface area contributed by atoms with Gasteiger partial charge < -0.3 is 19.9 Å². The number of aliphatic hydroxyl groups excluding tert-OH is 1. The van der Waals surface area contributed by atoms with Crippen molar-refractivity contribution in [1.29, 1.82) is 0 Å². The zero-order chi connectivity index (χ0) is 32.7. The minimum Gasteiger partial charge on any atom is -0.392 e. The van der Waals surface area contributed by atoms with Gasteiger partial charge in [0.1, 0.15) is 5.69 Å². The number of ether oxygens (including phenoxy) is 2. The van der Waals surface area contributed by atoms with Crippen LogP contribution in [-0.4, -0.2) is 32.8 Å². The van der Waals surface area contributed by atoms with E-state index in [0.717, 1.165) is 51.1 Å². The van der Waals surface area contributed by atoms with Gasteiger partial charge in [0.15, 0.2) is 6.29 Å². The smallest absolute Gasteiger partial charge is 0.271 e. The molecule has 3 atom stereocenters. The van der Waals surface area contributed by atoms with Crippen molar-refractivity contribution in [2.24, 2.45) is 0 Å². The van der Waals surface area contributed by atoms with Gasteiger partial charge in [-0.3, -0.25) is 9.78 Å². The maximum Gasteiger partial charge on any atom is 0.271 e. The maximum atomic E-state index is 12.8. The highest BCUT2D eigenvalue weighted by Crippen LogP contribution is 2.40. The highest BCUT2D eigenvalue weighted by Gasteiger charge is 2.32. The third-order valence-electron chi connectivity index (χ3n) is 8.37. The van der Waals surface area contributed by atoms with Gasteiger partial charge in [0.25, 0.3) is 5.91 Å². The number of fused-ring (bicyclic) bond motifs is 1. The molecule has 0 bridgehead atoms. The Morgan fingerprint density at radius 2 is 1.52 bits per heavy atom. The Balaban J connectivity index is 1.03. The largest absolute Gasteiger partial charge is 0.392 e. The Kier molecular flexibility index (Phi) is 9.86. The summed E-state index contributed by atoms with van der Waals surface area (Å²) in [6.07, 6.45) is 1.59. The van der Waals surface area contributed by atoms with Crippen molar-refractivity contribution >= 4 is 28.7 Å². The summed E-state index contributed by atoms with van der Waals surface area (Å²) in [7, 11) is 0. The van der Waals surface area contributed by atoms with E-state index in [1.807, 2.05) is 66.7 Å². The molecule has 240 valence electrons. The molecule has 0 radical (unpaired) electrons. The lowest BCUT2D eigenvalue weighted by molar-refractivity contribution is -0.245. The van der Waals surface area contributed by atoms with Crippen LogP contribution in [0.25, 0.3) is 22.2 Å². The van der Waals surface area contributed by atoms with Crippen LogP contribution < -0.4 is 5.32 Å². The summed E-state index contributed by atoms with van der Waals surface area (Å²) in [6, 6.07) is 42.2. The van der Waals surface area contributed by atoms with Gasteiger partial charge >= 0.3 is 0 Å². The average molecular weight is 654 g/mol. The normalized spacial score (nSPS) is 17.6. The van der Waals surface area contributed by atoms with E-state index in [1.165, 1.54) is 11.1 Å². The van der Waals surface area contributed by atoms with Gasteiger partial charge in [0.2, 0.25) is 0 Å². The second-order valence-electron chi connectivity index (χ2n) is 11.7.